The van der Waals surface area contributed by atoms with Crippen molar-refractivity contribution in [3.05, 3.63) is 64.4 Å². The minimum absolute atomic E-state index is 0.0161. The lowest BCUT2D eigenvalue weighted by Crippen LogP contribution is -2.21. The largest absolute Gasteiger partial charge is 0.493 e. The van der Waals surface area contributed by atoms with Gasteiger partial charge in [0.2, 0.25) is 17.3 Å². The Morgan fingerprint density at radius 3 is 1.98 bits per heavy atom. The number of Topliss-reactive ketones (excluding diaryl/α,β-unsaturated/α-hetero) is 1. The van der Waals surface area contributed by atoms with Crippen molar-refractivity contribution in [2.45, 2.75) is 12.3 Å². The summed E-state index contributed by atoms with van der Waals surface area (Å²) < 4.78 is 44.7. The summed E-state index contributed by atoms with van der Waals surface area (Å²) in [7, 11) is 9.07. The molecule has 3 aromatic rings. The number of carbonyl (C=O) groups is 2. The Kier molecular flexibility index (Phi) is 7.17. The number of methoxy groups -OCH3 is 6. The fourth-order valence-electron chi connectivity index (χ4n) is 5.07. The second-order valence-electron chi connectivity index (χ2n) is 8.91. The minimum atomic E-state index is -0.511. The Balaban J connectivity index is 1.63. The second-order valence-corrected chi connectivity index (χ2v) is 8.91. The molecule has 208 valence electrons. The van der Waals surface area contributed by atoms with Crippen molar-refractivity contribution in [3.63, 3.8) is 0 Å². The van der Waals surface area contributed by atoms with E-state index in [1.165, 1.54) is 42.7 Å². The van der Waals surface area contributed by atoms with Gasteiger partial charge in [-0.1, -0.05) is 0 Å². The highest BCUT2D eigenvalue weighted by Crippen LogP contribution is 2.51. The van der Waals surface area contributed by atoms with Gasteiger partial charge in [-0.3, -0.25) is 9.59 Å². The van der Waals surface area contributed by atoms with Crippen LogP contribution in [0.5, 0.6) is 46.0 Å². The highest BCUT2D eigenvalue weighted by Gasteiger charge is 2.39. The smallest absolute Gasteiger partial charge is 0.312 e. The van der Waals surface area contributed by atoms with Gasteiger partial charge in [0, 0.05) is 17.0 Å². The first-order valence-electron chi connectivity index (χ1n) is 12.3. The summed E-state index contributed by atoms with van der Waals surface area (Å²) in [6.45, 7) is 0. The average Bonchev–Trinajstić information content (AvgIpc) is 3.29. The summed E-state index contributed by atoms with van der Waals surface area (Å²) in [5.74, 6) is 1.99. The van der Waals surface area contributed by atoms with Crippen molar-refractivity contribution < 1.29 is 47.5 Å². The summed E-state index contributed by atoms with van der Waals surface area (Å²) in [5, 5.41) is 0. The number of ether oxygens (including phenoxy) is 8. The van der Waals surface area contributed by atoms with Crippen molar-refractivity contribution in [3.8, 4) is 46.0 Å². The third-order valence-electron chi connectivity index (χ3n) is 6.89. The number of fused-ring (bicyclic) bond motifs is 3. The van der Waals surface area contributed by atoms with Gasteiger partial charge in [-0.2, -0.15) is 0 Å². The van der Waals surface area contributed by atoms with Gasteiger partial charge in [0.15, 0.2) is 28.8 Å². The van der Waals surface area contributed by atoms with Crippen LogP contribution in [0.4, 0.5) is 0 Å². The van der Waals surface area contributed by atoms with E-state index in [0.717, 1.165) is 0 Å². The molecule has 0 aromatic heterocycles. The van der Waals surface area contributed by atoms with Crippen LogP contribution in [0, 0.1) is 0 Å². The minimum Gasteiger partial charge on any atom is -0.493 e. The molecule has 2 heterocycles. The average molecular weight is 549 g/mol. The summed E-state index contributed by atoms with van der Waals surface area (Å²) in [6.07, 6.45) is 1.60. The molecule has 2 aliphatic heterocycles. The van der Waals surface area contributed by atoms with Crippen LogP contribution < -0.4 is 37.9 Å². The number of benzene rings is 3. The van der Waals surface area contributed by atoms with Crippen LogP contribution in [0.1, 0.15) is 39.4 Å². The van der Waals surface area contributed by atoms with Gasteiger partial charge in [-0.25, -0.2) is 0 Å². The zero-order chi connectivity index (χ0) is 28.6. The molecule has 3 aromatic carbocycles. The van der Waals surface area contributed by atoms with Crippen LogP contribution in [0.15, 0.2) is 42.2 Å². The molecule has 10 nitrogen and oxygen atoms in total. The second kappa shape index (κ2) is 10.7. The van der Waals surface area contributed by atoms with E-state index in [9.17, 15) is 9.59 Å². The molecule has 0 saturated carbocycles. The monoisotopic (exact) mass is 548 g/mol. The molecule has 5 rings (SSSR count). The molecular weight excluding hydrogens is 520 g/mol. The molecule has 0 radical (unpaired) electrons. The molecule has 2 aliphatic rings. The Morgan fingerprint density at radius 2 is 1.38 bits per heavy atom. The van der Waals surface area contributed by atoms with Gasteiger partial charge in [0.1, 0.15) is 11.5 Å². The Morgan fingerprint density at radius 1 is 0.725 bits per heavy atom. The highest BCUT2D eigenvalue weighted by molar-refractivity contribution is 6.15. The summed E-state index contributed by atoms with van der Waals surface area (Å²) in [5.41, 5.74) is 2.18. The van der Waals surface area contributed by atoms with E-state index >= 15 is 0 Å². The number of esters is 1. The number of hydrogen-bond donors (Lipinski definition) is 0. The number of ketones is 1. The van der Waals surface area contributed by atoms with E-state index < -0.39 is 11.9 Å². The lowest BCUT2D eigenvalue weighted by Gasteiger charge is -2.27. The van der Waals surface area contributed by atoms with Gasteiger partial charge < -0.3 is 37.9 Å². The van der Waals surface area contributed by atoms with Crippen LogP contribution in [0.2, 0.25) is 0 Å². The summed E-state index contributed by atoms with van der Waals surface area (Å²) >= 11 is 0. The Bertz CT molecular complexity index is 1510. The predicted molar refractivity (Wildman–Crippen MR) is 144 cm³/mol. The third kappa shape index (κ3) is 4.31. The Hall–Kier alpha value is -4.86. The Labute approximate surface area is 230 Å². The lowest BCUT2D eigenvalue weighted by atomic mass is 9.84. The molecule has 0 spiro atoms. The van der Waals surface area contributed by atoms with Crippen LogP contribution in [-0.4, -0.2) is 54.4 Å². The maximum atomic E-state index is 13.5. The van der Waals surface area contributed by atoms with E-state index in [1.807, 2.05) is 0 Å². The molecule has 40 heavy (non-hydrogen) atoms. The quantitative estimate of drug-likeness (QED) is 0.221. The third-order valence-corrected chi connectivity index (χ3v) is 6.89. The molecular formula is C30H28O10. The molecule has 10 heteroatoms. The standard InChI is InChI=1S/C30H28O10/c1-33-20-9-7-15(27(36-4)30(20)38-6)11-21-26(32)17-8-10-19-25(28(17)40-21)18(14-24(31)39-19)16-12-22(34-2)29(37-5)23(13-16)35-3/h7-13,18H,14H2,1-6H3/b21-11+/t18-/m1/s1. The SMILES string of the molecule is COc1cc([C@H]2CC(=O)Oc3ccc4c(c32)O/C(=C/c2ccc(OC)c(OC)c2OC)C4=O)cc(OC)c1OC. The topological polar surface area (TPSA) is 108 Å². The van der Waals surface area contributed by atoms with Crippen LogP contribution in [0.25, 0.3) is 6.08 Å². The van der Waals surface area contributed by atoms with E-state index in [1.54, 1.807) is 42.5 Å². The first kappa shape index (κ1) is 26.7. The highest BCUT2D eigenvalue weighted by atomic mass is 16.5. The van der Waals surface area contributed by atoms with Gasteiger partial charge in [0.05, 0.1) is 54.6 Å². The maximum Gasteiger partial charge on any atom is 0.312 e. The van der Waals surface area contributed by atoms with Crippen molar-refractivity contribution in [2.24, 2.45) is 0 Å². The molecule has 0 saturated heterocycles. The van der Waals surface area contributed by atoms with Gasteiger partial charge in [-0.05, 0) is 48.0 Å². The van der Waals surface area contributed by atoms with E-state index in [-0.39, 0.29) is 18.0 Å². The number of allylic oxidation sites excluding steroid dienone is 1. The zero-order valence-corrected chi connectivity index (χ0v) is 22.9. The first-order chi connectivity index (χ1) is 19.4. The van der Waals surface area contributed by atoms with E-state index in [0.29, 0.717) is 68.2 Å². The zero-order valence-electron chi connectivity index (χ0n) is 22.9. The van der Waals surface area contributed by atoms with Gasteiger partial charge in [0.25, 0.3) is 0 Å². The van der Waals surface area contributed by atoms with Gasteiger partial charge >= 0.3 is 5.97 Å². The normalized spacial score (nSPS) is 16.4. The van der Waals surface area contributed by atoms with Crippen molar-refractivity contribution >= 4 is 17.8 Å². The van der Waals surface area contributed by atoms with Crippen LogP contribution in [0.3, 0.4) is 0 Å². The molecule has 0 aliphatic carbocycles. The molecule has 0 unspecified atom stereocenters. The maximum absolute atomic E-state index is 13.5. The number of hydrogen-bond acceptors (Lipinski definition) is 10. The van der Waals surface area contributed by atoms with Gasteiger partial charge in [-0.15, -0.1) is 0 Å². The van der Waals surface area contributed by atoms with Crippen molar-refractivity contribution in [1.29, 1.82) is 0 Å². The molecule has 0 fully saturated rings. The number of rotatable bonds is 8. The van der Waals surface area contributed by atoms with Crippen molar-refractivity contribution in [1.82, 2.24) is 0 Å². The van der Waals surface area contributed by atoms with Crippen LogP contribution >= 0.6 is 0 Å². The lowest BCUT2D eigenvalue weighted by molar-refractivity contribution is -0.135. The summed E-state index contributed by atoms with van der Waals surface area (Å²) in [6, 6.07) is 10.2. The predicted octanol–water partition coefficient (Wildman–Crippen LogP) is 4.80. The number of carbonyl (C=O) groups excluding carboxylic acids is 2. The van der Waals surface area contributed by atoms with E-state index in [2.05, 4.69) is 0 Å². The molecule has 0 bridgehead atoms. The fraction of sp³-hybridized carbons (Fsp3) is 0.267. The molecule has 1 atom stereocenters. The van der Waals surface area contributed by atoms with E-state index in [4.69, 9.17) is 37.9 Å². The molecule has 0 amide bonds. The first-order valence-corrected chi connectivity index (χ1v) is 12.3. The van der Waals surface area contributed by atoms with Crippen molar-refractivity contribution in [2.75, 3.05) is 42.7 Å². The fourth-order valence-corrected chi connectivity index (χ4v) is 5.07. The summed E-state index contributed by atoms with van der Waals surface area (Å²) in [4.78, 5) is 26.1. The van der Waals surface area contributed by atoms with Crippen LogP contribution in [-0.2, 0) is 4.79 Å². The molecule has 0 N–H and O–H groups in total.